The van der Waals surface area contributed by atoms with E-state index in [0.29, 0.717) is 16.9 Å². The van der Waals surface area contributed by atoms with E-state index in [1.54, 1.807) is 30.5 Å². The summed E-state index contributed by atoms with van der Waals surface area (Å²) in [5.41, 5.74) is 1.08. The van der Waals surface area contributed by atoms with Gasteiger partial charge in [-0.15, -0.1) is 0 Å². The monoisotopic (exact) mass is 408 g/mol. The van der Waals surface area contributed by atoms with Gasteiger partial charge in [0, 0.05) is 16.8 Å². The van der Waals surface area contributed by atoms with Crippen LogP contribution in [-0.2, 0) is 6.18 Å². The highest BCUT2D eigenvalue weighted by atomic mass is 19.4. The molecule has 0 aliphatic heterocycles. The van der Waals surface area contributed by atoms with Crippen molar-refractivity contribution in [2.45, 2.75) is 6.18 Å². The number of amides is 1. The van der Waals surface area contributed by atoms with Crippen LogP contribution in [0.5, 0.6) is 0 Å². The molecule has 0 unspecified atom stereocenters. The van der Waals surface area contributed by atoms with Crippen molar-refractivity contribution in [3.63, 3.8) is 0 Å². The molecule has 1 heterocycles. The molecule has 0 saturated carbocycles. The minimum Gasteiger partial charge on any atom is -0.436 e. The summed E-state index contributed by atoms with van der Waals surface area (Å²) in [5.74, 6) is 0.348. The van der Waals surface area contributed by atoms with Crippen molar-refractivity contribution in [3.8, 4) is 22.8 Å². The predicted molar refractivity (Wildman–Crippen MR) is 107 cm³/mol. The lowest BCUT2D eigenvalue weighted by Gasteiger charge is -2.10. The molecule has 0 atom stereocenters. The number of alkyl halides is 3. The zero-order chi connectivity index (χ0) is 21.1. The Kier molecular flexibility index (Phi) is 5.10. The van der Waals surface area contributed by atoms with Gasteiger partial charge in [-0.1, -0.05) is 42.5 Å². The minimum atomic E-state index is -4.43. The van der Waals surface area contributed by atoms with Gasteiger partial charge in [-0.05, 0) is 36.4 Å². The second-order valence-corrected chi connectivity index (χ2v) is 6.47. The lowest BCUT2D eigenvalue weighted by Crippen LogP contribution is -2.13. The van der Waals surface area contributed by atoms with Gasteiger partial charge < -0.3 is 9.73 Å². The Bertz CT molecular complexity index is 1170. The highest BCUT2D eigenvalue weighted by Crippen LogP contribution is 2.31. The normalized spacial score (nSPS) is 11.3. The van der Waals surface area contributed by atoms with Gasteiger partial charge in [0.15, 0.2) is 5.76 Å². The maximum Gasteiger partial charge on any atom is 0.416 e. The standard InChI is InChI=1S/C23H15F3N2O2/c24-23(25,26)16-10-12-17(13-11-16)28-21(29)18-8-4-5-9-19(18)22-27-14-20(30-22)15-6-2-1-3-7-15/h1-14H,(H,28,29). The average molecular weight is 408 g/mol. The highest BCUT2D eigenvalue weighted by Gasteiger charge is 2.30. The molecular formula is C23H15F3N2O2. The Morgan fingerprint density at radius 3 is 2.23 bits per heavy atom. The number of oxazole rings is 1. The average Bonchev–Trinajstić information content (AvgIpc) is 3.24. The number of rotatable bonds is 4. The fourth-order valence-electron chi connectivity index (χ4n) is 2.94. The third kappa shape index (κ3) is 4.10. The number of hydrogen-bond donors (Lipinski definition) is 1. The topological polar surface area (TPSA) is 55.1 Å². The van der Waals surface area contributed by atoms with Gasteiger partial charge in [-0.25, -0.2) is 4.98 Å². The number of benzene rings is 3. The van der Waals surface area contributed by atoms with Gasteiger partial charge in [0.25, 0.3) is 5.91 Å². The fraction of sp³-hybridized carbons (Fsp3) is 0.0435. The lowest BCUT2D eigenvalue weighted by molar-refractivity contribution is -0.137. The van der Waals surface area contributed by atoms with Crippen molar-refractivity contribution in [3.05, 3.63) is 96.2 Å². The van der Waals surface area contributed by atoms with Crippen molar-refractivity contribution in [1.82, 2.24) is 4.98 Å². The van der Waals surface area contributed by atoms with Crippen molar-refractivity contribution < 1.29 is 22.4 Å². The second-order valence-electron chi connectivity index (χ2n) is 6.47. The summed E-state index contributed by atoms with van der Waals surface area (Å²) in [6.07, 6.45) is -2.86. The van der Waals surface area contributed by atoms with Gasteiger partial charge in [0.05, 0.1) is 17.3 Å². The number of anilines is 1. The number of aromatic nitrogens is 1. The molecule has 0 fully saturated rings. The molecule has 30 heavy (non-hydrogen) atoms. The number of hydrogen-bond acceptors (Lipinski definition) is 3. The van der Waals surface area contributed by atoms with Gasteiger partial charge >= 0.3 is 6.18 Å². The number of carbonyl (C=O) groups excluding carboxylic acids is 1. The van der Waals surface area contributed by atoms with Crippen molar-refractivity contribution in [1.29, 1.82) is 0 Å². The maximum absolute atomic E-state index is 12.8. The minimum absolute atomic E-state index is 0.250. The van der Waals surface area contributed by atoms with E-state index < -0.39 is 17.6 Å². The Hall–Kier alpha value is -3.87. The summed E-state index contributed by atoms with van der Waals surface area (Å²) in [4.78, 5) is 17.0. The number of nitrogens with zero attached hydrogens (tertiary/aromatic N) is 1. The van der Waals surface area contributed by atoms with E-state index >= 15 is 0 Å². The molecule has 0 saturated heterocycles. The summed E-state index contributed by atoms with van der Waals surface area (Å²) in [7, 11) is 0. The first-order valence-corrected chi connectivity index (χ1v) is 9.01. The van der Waals surface area contributed by atoms with E-state index in [1.165, 1.54) is 12.1 Å². The molecule has 1 aromatic heterocycles. The van der Waals surface area contributed by atoms with Gasteiger partial charge in [0.1, 0.15) is 0 Å². The van der Waals surface area contributed by atoms with E-state index in [0.717, 1.165) is 17.7 Å². The summed E-state index contributed by atoms with van der Waals surface area (Å²) >= 11 is 0. The smallest absolute Gasteiger partial charge is 0.416 e. The van der Waals surface area contributed by atoms with Crippen LogP contribution >= 0.6 is 0 Å². The van der Waals surface area contributed by atoms with Crippen LogP contribution in [0.1, 0.15) is 15.9 Å². The van der Waals surface area contributed by atoms with Crippen LogP contribution in [-0.4, -0.2) is 10.9 Å². The summed E-state index contributed by atoms with van der Waals surface area (Å²) in [6, 6.07) is 20.4. The first-order chi connectivity index (χ1) is 14.4. The van der Waals surface area contributed by atoms with Crippen LogP contribution < -0.4 is 5.32 Å². The van der Waals surface area contributed by atoms with Crippen LogP contribution in [0.25, 0.3) is 22.8 Å². The Morgan fingerprint density at radius 2 is 1.53 bits per heavy atom. The molecule has 1 amide bonds. The molecule has 0 bridgehead atoms. The largest absolute Gasteiger partial charge is 0.436 e. The number of nitrogens with one attached hydrogen (secondary N) is 1. The third-order valence-electron chi connectivity index (χ3n) is 4.44. The number of carbonyl (C=O) groups is 1. The molecule has 4 aromatic rings. The lowest BCUT2D eigenvalue weighted by atomic mass is 10.1. The molecule has 0 aliphatic rings. The molecule has 4 nitrogen and oxygen atoms in total. The first-order valence-electron chi connectivity index (χ1n) is 9.01. The molecule has 3 aromatic carbocycles. The summed E-state index contributed by atoms with van der Waals surface area (Å²) in [5, 5.41) is 2.61. The molecule has 1 N–H and O–H groups in total. The molecule has 0 aliphatic carbocycles. The van der Waals surface area contributed by atoms with E-state index in [-0.39, 0.29) is 11.6 Å². The van der Waals surface area contributed by atoms with Crippen LogP contribution in [0.2, 0.25) is 0 Å². The summed E-state index contributed by atoms with van der Waals surface area (Å²) < 4.78 is 44.0. The van der Waals surface area contributed by atoms with Crippen molar-refractivity contribution in [2.24, 2.45) is 0 Å². The molecule has 4 rings (SSSR count). The third-order valence-corrected chi connectivity index (χ3v) is 4.44. The fourth-order valence-corrected chi connectivity index (χ4v) is 2.94. The van der Waals surface area contributed by atoms with Crippen molar-refractivity contribution in [2.75, 3.05) is 5.32 Å². The van der Waals surface area contributed by atoms with Crippen LogP contribution in [0.15, 0.2) is 89.5 Å². The maximum atomic E-state index is 12.8. The Labute approximate surface area is 170 Å². The van der Waals surface area contributed by atoms with Gasteiger partial charge in [0.2, 0.25) is 5.89 Å². The first kappa shape index (κ1) is 19.4. The SMILES string of the molecule is O=C(Nc1ccc(C(F)(F)F)cc1)c1ccccc1-c1ncc(-c2ccccc2)o1. The molecular weight excluding hydrogens is 393 g/mol. The van der Waals surface area contributed by atoms with E-state index in [1.807, 2.05) is 30.3 Å². The van der Waals surface area contributed by atoms with Crippen LogP contribution in [0, 0.1) is 0 Å². The zero-order valence-electron chi connectivity index (χ0n) is 15.5. The van der Waals surface area contributed by atoms with Gasteiger partial charge in [-0.2, -0.15) is 13.2 Å². The Morgan fingerprint density at radius 1 is 0.867 bits per heavy atom. The van der Waals surface area contributed by atoms with E-state index in [4.69, 9.17) is 4.42 Å². The van der Waals surface area contributed by atoms with Gasteiger partial charge in [-0.3, -0.25) is 4.79 Å². The van der Waals surface area contributed by atoms with Crippen LogP contribution in [0.4, 0.5) is 18.9 Å². The van der Waals surface area contributed by atoms with Crippen LogP contribution in [0.3, 0.4) is 0 Å². The molecule has 150 valence electrons. The molecule has 7 heteroatoms. The zero-order valence-corrected chi connectivity index (χ0v) is 15.5. The highest BCUT2D eigenvalue weighted by molar-refractivity contribution is 6.08. The summed E-state index contributed by atoms with van der Waals surface area (Å²) in [6.45, 7) is 0. The Balaban J connectivity index is 1.59. The quantitative estimate of drug-likeness (QED) is 0.432. The van der Waals surface area contributed by atoms with E-state index in [9.17, 15) is 18.0 Å². The second kappa shape index (κ2) is 7.87. The van der Waals surface area contributed by atoms with E-state index in [2.05, 4.69) is 10.3 Å². The molecule has 0 spiro atoms. The predicted octanol–water partition coefficient (Wildman–Crippen LogP) is 6.28. The number of halogens is 3. The molecule has 0 radical (unpaired) electrons. The van der Waals surface area contributed by atoms with Crippen molar-refractivity contribution >= 4 is 11.6 Å².